The number of halogens is 3. The van der Waals surface area contributed by atoms with Gasteiger partial charge in [-0.15, -0.1) is 0 Å². The number of carboxylic acid groups (broad SMARTS) is 1. The zero-order chi connectivity index (χ0) is 13.0. The number of nitrogens with zero attached hydrogens (tertiary/aromatic N) is 1. The average molecular weight is 241 g/mol. The van der Waals surface area contributed by atoms with Crippen molar-refractivity contribution in [1.29, 1.82) is 0 Å². The molecule has 0 aromatic heterocycles. The zero-order valence-corrected chi connectivity index (χ0v) is 9.76. The van der Waals surface area contributed by atoms with Gasteiger partial charge in [0, 0.05) is 6.54 Å². The molecule has 0 saturated heterocycles. The third-order valence-electron chi connectivity index (χ3n) is 2.39. The molecular formula is C10H18F3NO2. The summed E-state index contributed by atoms with van der Waals surface area (Å²) in [4.78, 5) is 12.0. The summed E-state index contributed by atoms with van der Waals surface area (Å²) < 4.78 is 36.2. The summed E-state index contributed by atoms with van der Waals surface area (Å²) in [6.45, 7) is 2.10. The van der Waals surface area contributed by atoms with Crippen LogP contribution in [0.25, 0.3) is 0 Å². The third-order valence-corrected chi connectivity index (χ3v) is 2.39. The Morgan fingerprint density at radius 2 is 1.81 bits per heavy atom. The van der Waals surface area contributed by atoms with Crippen LogP contribution in [-0.4, -0.2) is 42.3 Å². The highest BCUT2D eigenvalue weighted by Gasteiger charge is 2.36. The van der Waals surface area contributed by atoms with Gasteiger partial charge < -0.3 is 5.11 Å². The molecule has 6 heteroatoms. The highest BCUT2D eigenvalue weighted by molar-refractivity contribution is 5.74. The van der Waals surface area contributed by atoms with Gasteiger partial charge in [0.25, 0.3) is 0 Å². The molecule has 0 aliphatic carbocycles. The third kappa shape index (κ3) is 5.34. The molecule has 0 rings (SSSR count). The van der Waals surface area contributed by atoms with Gasteiger partial charge in [-0.3, -0.25) is 9.69 Å². The van der Waals surface area contributed by atoms with Crippen LogP contribution in [0.15, 0.2) is 0 Å². The zero-order valence-electron chi connectivity index (χ0n) is 9.76. The van der Waals surface area contributed by atoms with Gasteiger partial charge in [-0.1, -0.05) is 13.3 Å². The second kappa shape index (κ2) is 5.52. The van der Waals surface area contributed by atoms with E-state index in [1.165, 1.54) is 14.0 Å². The fourth-order valence-corrected chi connectivity index (χ4v) is 1.76. The van der Waals surface area contributed by atoms with Gasteiger partial charge in [0.1, 0.15) is 0 Å². The fourth-order valence-electron chi connectivity index (χ4n) is 1.76. The van der Waals surface area contributed by atoms with Crippen molar-refractivity contribution in [2.75, 3.05) is 20.1 Å². The van der Waals surface area contributed by atoms with Gasteiger partial charge in [-0.25, -0.2) is 0 Å². The molecule has 1 N–H and O–H groups in total. The van der Waals surface area contributed by atoms with E-state index in [-0.39, 0.29) is 6.54 Å². The number of alkyl halides is 3. The Balaban J connectivity index is 4.47. The predicted molar refractivity (Wildman–Crippen MR) is 54.2 cm³/mol. The van der Waals surface area contributed by atoms with Crippen LogP contribution in [-0.2, 0) is 4.79 Å². The molecular weight excluding hydrogens is 223 g/mol. The van der Waals surface area contributed by atoms with Crippen LogP contribution in [0.4, 0.5) is 13.2 Å². The number of aliphatic carboxylic acids is 1. The Morgan fingerprint density at radius 3 is 2.12 bits per heavy atom. The van der Waals surface area contributed by atoms with Crippen molar-refractivity contribution in [3.63, 3.8) is 0 Å². The van der Waals surface area contributed by atoms with E-state index in [2.05, 4.69) is 0 Å². The van der Waals surface area contributed by atoms with E-state index in [9.17, 15) is 18.0 Å². The normalized spacial score (nSPS) is 16.2. The molecule has 0 fully saturated rings. The summed E-state index contributed by atoms with van der Waals surface area (Å²) in [6, 6.07) is 0. The molecule has 0 saturated carbocycles. The predicted octanol–water partition coefficient (Wildman–Crippen LogP) is 2.37. The first-order valence-electron chi connectivity index (χ1n) is 5.09. The summed E-state index contributed by atoms with van der Waals surface area (Å²) in [5.41, 5.74) is -1.12. The molecule has 0 heterocycles. The number of carboxylic acids is 1. The van der Waals surface area contributed by atoms with Crippen molar-refractivity contribution in [1.82, 2.24) is 4.90 Å². The summed E-state index contributed by atoms with van der Waals surface area (Å²) in [6.07, 6.45) is -3.30. The average Bonchev–Trinajstić information content (AvgIpc) is 1.99. The highest BCUT2D eigenvalue weighted by atomic mass is 19.4. The molecule has 0 spiro atoms. The van der Waals surface area contributed by atoms with Gasteiger partial charge in [0.15, 0.2) is 0 Å². The van der Waals surface area contributed by atoms with E-state index >= 15 is 0 Å². The number of rotatable bonds is 6. The number of hydrogen-bond donors (Lipinski definition) is 1. The Labute approximate surface area is 93.2 Å². The van der Waals surface area contributed by atoms with Crippen LogP contribution in [0, 0.1) is 5.41 Å². The lowest BCUT2D eigenvalue weighted by Crippen LogP contribution is -2.42. The van der Waals surface area contributed by atoms with Crippen LogP contribution in [0.5, 0.6) is 0 Å². The van der Waals surface area contributed by atoms with Gasteiger partial charge in [0.2, 0.25) is 0 Å². The molecule has 0 aliphatic rings. The maximum absolute atomic E-state index is 12.1. The van der Waals surface area contributed by atoms with Crippen molar-refractivity contribution in [2.24, 2.45) is 5.41 Å². The minimum Gasteiger partial charge on any atom is -0.481 e. The second-order valence-corrected chi connectivity index (χ2v) is 4.40. The van der Waals surface area contributed by atoms with Crippen LogP contribution < -0.4 is 0 Å². The summed E-state index contributed by atoms with van der Waals surface area (Å²) in [5.74, 6) is -1.05. The lowest BCUT2D eigenvalue weighted by Gasteiger charge is -2.30. The Morgan fingerprint density at radius 1 is 1.31 bits per heavy atom. The van der Waals surface area contributed by atoms with E-state index < -0.39 is 24.1 Å². The van der Waals surface area contributed by atoms with E-state index in [4.69, 9.17) is 5.11 Å². The van der Waals surface area contributed by atoms with Crippen molar-refractivity contribution < 1.29 is 23.1 Å². The molecule has 3 nitrogen and oxygen atoms in total. The van der Waals surface area contributed by atoms with Crippen LogP contribution in [0.2, 0.25) is 0 Å². The van der Waals surface area contributed by atoms with Crippen molar-refractivity contribution >= 4 is 5.97 Å². The van der Waals surface area contributed by atoms with E-state index in [1.807, 2.05) is 6.92 Å². The smallest absolute Gasteiger partial charge is 0.401 e. The quantitative estimate of drug-likeness (QED) is 0.776. The standard InChI is InChI=1S/C10H18F3NO2/c1-4-5-9(2,8(15)16)6-14(3)7-10(11,12)13/h4-7H2,1-3H3,(H,15,16). The fraction of sp³-hybridized carbons (Fsp3) is 0.900. The first kappa shape index (κ1) is 15.2. The second-order valence-electron chi connectivity index (χ2n) is 4.40. The lowest BCUT2D eigenvalue weighted by molar-refractivity contribution is -0.158. The Bertz CT molecular complexity index is 243. The van der Waals surface area contributed by atoms with Gasteiger partial charge in [-0.05, 0) is 20.4 Å². The van der Waals surface area contributed by atoms with Crippen molar-refractivity contribution in [3.8, 4) is 0 Å². The summed E-state index contributed by atoms with van der Waals surface area (Å²) >= 11 is 0. The highest BCUT2D eigenvalue weighted by Crippen LogP contribution is 2.26. The summed E-state index contributed by atoms with van der Waals surface area (Å²) in [7, 11) is 1.28. The molecule has 0 aromatic rings. The first-order chi connectivity index (χ1) is 7.10. The minimum atomic E-state index is -4.29. The largest absolute Gasteiger partial charge is 0.481 e. The number of hydrogen-bond acceptors (Lipinski definition) is 2. The molecule has 16 heavy (non-hydrogen) atoms. The van der Waals surface area contributed by atoms with Crippen LogP contribution >= 0.6 is 0 Å². The van der Waals surface area contributed by atoms with Gasteiger partial charge in [0.05, 0.1) is 12.0 Å². The van der Waals surface area contributed by atoms with Crippen molar-refractivity contribution in [3.05, 3.63) is 0 Å². The van der Waals surface area contributed by atoms with Crippen LogP contribution in [0.3, 0.4) is 0 Å². The Kier molecular flexibility index (Phi) is 5.25. The van der Waals surface area contributed by atoms with E-state index in [0.717, 1.165) is 4.90 Å². The SMILES string of the molecule is CCCC(C)(CN(C)CC(F)(F)F)C(=O)O. The molecule has 1 unspecified atom stereocenters. The molecule has 0 aliphatic heterocycles. The maximum Gasteiger partial charge on any atom is 0.401 e. The maximum atomic E-state index is 12.1. The topological polar surface area (TPSA) is 40.5 Å². The minimum absolute atomic E-state index is 0.102. The summed E-state index contributed by atoms with van der Waals surface area (Å²) in [5, 5.41) is 9.00. The van der Waals surface area contributed by atoms with Crippen molar-refractivity contribution in [2.45, 2.75) is 32.9 Å². The van der Waals surface area contributed by atoms with Gasteiger partial charge >= 0.3 is 12.1 Å². The van der Waals surface area contributed by atoms with Gasteiger partial charge in [-0.2, -0.15) is 13.2 Å². The molecule has 0 amide bonds. The lowest BCUT2D eigenvalue weighted by atomic mass is 9.85. The molecule has 0 bridgehead atoms. The molecule has 1 atom stereocenters. The molecule has 96 valence electrons. The van der Waals surface area contributed by atoms with Crippen LogP contribution in [0.1, 0.15) is 26.7 Å². The van der Waals surface area contributed by atoms with E-state index in [0.29, 0.717) is 12.8 Å². The first-order valence-corrected chi connectivity index (χ1v) is 5.09. The van der Waals surface area contributed by atoms with E-state index in [1.54, 1.807) is 0 Å². The molecule has 0 aromatic carbocycles. The molecule has 0 radical (unpaired) electrons. The number of carbonyl (C=O) groups is 1. The monoisotopic (exact) mass is 241 g/mol. The Hall–Kier alpha value is -0.780.